The van der Waals surface area contributed by atoms with E-state index in [-0.39, 0.29) is 5.60 Å². The van der Waals surface area contributed by atoms with Crippen molar-refractivity contribution in [2.75, 3.05) is 6.54 Å². The van der Waals surface area contributed by atoms with Gasteiger partial charge in [-0.3, -0.25) is 0 Å². The van der Waals surface area contributed by atoms with Gasteiger partial charge in [0.1, 0.15) is 11.4 Å². The summed E-state index contributed by atoms with van der Waals surface area (Å²) < 4.78 is 6.00. The lowest BCUT2D eigenvalue weighted by atomic mass is 9.83. The molecule has 0 bridgehead atoms. The van der Waals surface area contributed by atoms with Crippen LogP contribution in [0.3, 0.4) is 0 Å². The van der Waals surface area contributed by atoms with Gasteiger partial charge in [0.2, 0.25) is 0 Å². The molecule has 2 nitrogen and oxygen atoms in total. The zero-order valence-corrected chi connectivity index (χ0v) is 10.4. The Bertz CT molecular complexity index is 384. The van der Waals surface area contributed by atoms with Crippen LogP contribution in [0.2, 0.25) is 0 Å². The third-order valence-corrected chi connectivity index (χ3v) is 3.33. The second-order valence-electron chi connectivity index (χ2n) is 5.22. The molecule has 2 heteroatoms. The molecule has 0 amide bonds. The molecule has 1 aliphatic rings. The van der Waals surface area contributed by atoms with Gasteiger partial charge in [-0.25, -0.2) is 0 Å². The maximum Gasteiger partial charge on any atom is 0.123 e. The van der Waals surface area contributed by atoms with E-state index in [1.807, 2.05) is 0 Å². The van der Waals surface area contributed by atoms with E-state index in [2.05, 4.69) is 39.0 Å². The van der Waals surface area contributed by atoms with Crippen LogP contribution in [0.4, 0.5) is 0 Å². The highest BCUT2D eigenvalue weighted by atomic mass is 16.5. The average molecular weight is 219 g/mol. The molecule has 0 fully saturated rings. The SMILES string of the molecule is CCc1ccc2c(c1)C(CN)CC(C)(C)O2. The molecule has 16 heavy (non-hydrogen) atoms. The molecule has 1 unspecified atom stereocenters. The van der Waals surface area contributed by atoms with Crippen molar-refractivity contribution in [3.8, 4) is 5.75 Å². The molecule has 1 aromatic rings. The van der Waals surface area contributed by atoms with Crippen LogP contribution in [0.25, 0.3) is 0 Å². The predicted octanol–water partition coefficient (Wildman–Crippen LogP) is 2.85. The molecule has 0 saturated heterocycles. The van der Waals surface area contributed by atoms with E-state index in [0.717, 1.165) is 18.6 Å². The van der Waals surface area contributed by atoms with Gasteiger partial charge in [-0.2, -0.15) is 0 Å². The Labute approximate surface area is 97.8 Å². The highest BCUT2D eigenvalue weighted by Crippen LogP contribution is 2.40. The number of ether oxygens (including phenoxy) is 1. The van der Waals surface area contributed by atoms with E-state index in [1.165, 1.54) is 11.1 Å². The molecule has 1 atom stereocenters. The van der Waals surface area contributed by atoms with Crippen LogP contribution in [0.15, 0.2) is 18.2 Å². The van der Waals surface area contributed by atoms with E-state index in [1.54, 1.807) is 0 Å². The molecule has 0 aliphatic carbocycles. The second-order valence-corrected chi connectivity index (χ2v) is 5.22. The van der Waals surface area contributed by atoms with Gasteiger partial charge in [0.25, 0.3) is 0 Å². The minimum atomic E-state index is -0.0925. The fourth-order valence-electron chi connectivity index (χ4n) is 2.48. The summed E-state index contributed by atoms with van der Waals surface area (Å²) in [7, 11) is 0. The molecule has 1 aromatic carbocycles. The van der Waals surface area contributed by atoms with Crippen molar-refractivity contribution >= 4 is 0 Å². The molecule has 1 aliphatic heterocycles. The molecule has 88 valence electrons. The Morgan fingerprint density at radius 3 is 2.81 bits per heavy atom. The Morgan fingerprint density at radius 2 is 2.19 bits per heavy atom. The fourth-order valence-corrected chi connectivity index (χ4v) is 2.48. The summed E-state index contributed by atoms with van der Waals surface area (Å²) in [5.41, 5.74) is 8.44. The maximum absolute atomic E-state index is 6.00. The minimum absolute atomic E-state index is 0.0925. The highest BCUT2D eigenvalue weighted by Gasteiger charge is 2.32. The smallest absolute Gasteiger partial charge is 0.123 e. The first-order valence-electron chi connectivity index (χ1n) is 6.07. The number of nitrogens with two attached hydrogens (primary N) is 1. The Morgan fingerprint density at radius 1 is 1.44 bits per heavy atom. The van der Waals surface area contributed by atoms with E-state index < -0.39 is 0 Å². The topological polar surface area (TPSA) is 35.2 Å². The highest BCUT2D eigenvalue weighted by molar-refractivity contribution is 5.42. The first-order valence-corrected chi connectivity index (χ1v) is 6.07. The van der Waals surface area contributed by atoms with Crippen LogP contribution >= 0.6 is 0 Å². The van der Waals surface area contributed by atoms with Crippen LogP contribution in [-0.4, -0.2) is 12.1 Å². The van der Waals surface area contributed by atoms with Crippen molar-refractivity contribution in [2.24, 2.45) is 5.73 Å². The number of aryl methyl sites for hydroxylation is 1. The minimum Gasteiger partial charge on any atom is -0.488 e. The standard InChI is InChI=1S/C14H21NO/c1-4-10-5-6-13-12(7-10)11(9-15)8-14(2,3)16-13/h5-7,11H,4,8-9,15H2,1-3H3. The molecule has 0 saturated carbocycles. The maximum atomic E-state index is 6.00. The van der Waals surface area contributed by atoms with Gasteiger partial charge in [-0.1, -0.05) is 19.1 Å². The summed E-state index contributed by atoms with van der Waals surface area (Å²) in [6.07, 6.45) is 2.07. The van der Waals surface area contributed by atoms with Crippen molar-refractivity contribution in [2.45, 2.75) is 45.1 Å². The van der Waals surface area contributed by atoms with E-state index in [0.29, 0.717) is 12.5 Å². The number of rotatable bonds is 2. The van der Waals surface area contributed by atoms with Crippen LogP contribution in [0, 0.1) is 0 Å². The van der Waals surface area contributed by atoms with E-state index in [4.69, 9.17) is 10.5 Å². The Kier molecular flexibility index (Phi) is 2.94. The number of benzene rings is 1. The monoisotopic (exact) mass is 219 g/mol. The average Bonchev–Trinajstić information content (AvgIpc) is 2.26. The summed E-state index contributed by atoms with van der Waals surface area (Å²) in [6, 6.07) is 6.49. The molecule has 0 spiro atoms. The van der Waals surface area contributed by atoms with Gasteiger partial charge in [-0.15, -0.1) is 0 Å². The van der Waals surface area contributed by atoms with Crippen LogP contribution < -0.4 is 10.5 Å². The first-order chi connectivity index (χ1) is 7.55. The van der Waals surface area contributed by atoms with Crippen molar-refractivity contribution in [1.29, 1.82) is 0 Å². The lowest BCUT2D eigenvalue weighted by molar-refractivity contribution is 0.0731. The lowest BCUT2D eigenvalue weighted by Crippen LogP contribution is -2.37. The van der Waals surface area contributed by atoms with Crippen molar-refractivity contribution in [3.05, 3.63) is 29.3 Å². The van der Waals surface area contributed by atoms with Gasteiger partial charge >= 0.3 is 0 Å². The third kappa shape index (κ3) is 2.07. The van der Waals surface area contributed by atoms with Crippen LogP contribution in [-0.2, 0) is 6.42 Å². The van der Waals surface area contributed by atoms with E-state index >= 15 is 0 Å². The number of hydrogen-bond donors (Lipinski definition) is 1. The molecule has 1 heterocycles. The van der Waals surface area contributed by atoms with Crippen molar-refractivity contribution in [1.82, 2.24) is 0 Å². The lowest BCUT2D eigenvalue weighted by Gasteiger charge is -2.37. The largest absolute Gasteiger partial charge is 0.488 e. The predicted molar refractivity (Wildman–Crippen MR) is 66.9 cm³/mol. The zero-order chi connectivity index (χ0) is 11.8. The van der Waals surface area contributed by atoms with Gasteiger partial charge < -0.3 is 10.5 Å². The second kappa shape index (κ2) is 4.10. The zero-order valence-electron chi connectivity index (χ0n) is 10.4. The van der Waals surface area contributed by atoms with Gasteiger partial charge in [0.05, 0.1) is 0 Å². The summed E-state index contributed by atoms with van der Waals surface area (Å²) in [5.74, 6) is 1.45. The summed E-state index contributed by atoms with van der Waals surface area (Å²) in [4.78, 5) is 0. The van der Waals surface area contributed by atoms with Crippen molar-refractivity contribution in [3.63, 3.8) is 0 Å². The quantitative estimate of drug-likeness (QED) is 0.830. The molecular formula is C14H21NO. The summed E-state index contributed by atoms with van der Waals surface area (Å²) in [6.45, 7) is 7.14. The van der Waals surface area contributed by atoms with Gasteiger partial charge in [0, 0.05) is 5.92 Å². The molecule has 0 radical (unpaired) electrons. The van der Waals surface area contributed by atoms with Crippen LogP contribution in [0.5, 0.6) is 5.75 Å². The fraction of sp³-hybridized carbons (Fsp3) is 0.571. The molecule has 2 N–H and O–H groups in total. The Balaban J connectivity index is 2.42. The number of hydrogen-bond acceptors (Lipinski definition) is 2. The first kappa shape index (κ1) is 11.5. The molecule has 0 aromatic heterocycles. The number of fused-ring (bicyclic) bond motifs is 1. The summed E-state index contributed by atoms with van der Waals surface area (Å²) >= 11 is 0. The third-order valence-electron chi connectivity index (χ3n) is 3.33. The van der Waals surface area contributed by atoms with Gasteiger partial charge in [-0.05, 0) is 50.4 Å². The van der Waals surface area contributed by atoms with Gasteiger partial charge in [0.15, 0.2) is 0 Å². The van der Waals surface area contributed by atoms with Crippen LogP contribution in [0.1, 0.15) is 44.2 Å². The normalized spacial score (nSPS) is 22.4. The van der Waals surface area contributed by atoms with E-state index in [9.17, 15) is 0 Å². The summed E-state index contributed by atoms with van der Waals surface area (Å²) in [5, 5.41) is 0. The Hall–Kier alpha value is -1.02. The molecule has 2 rings (SSSR count). The molecular weight excluding hydrogens is 198 g/mol. The van der Waals surface area contributed by atoms with Crippen molar-refractivity contribution < 1.29 is 4.74 Å².